The number of benzene rings is 1. The second-order valence-electron chi connectivity index (χ2n) is 6.16. The van der Waals surface area contributed by atoms with Gasteiger partial charge in [-0.2, -0.15) is 0 Å². The monoisotopic (exact) mass is 311 g/mol. The van der Waals surface area contributed by atoms with E-state index in [1.54, 1.807) is 13.1 Å². The van der Waals surface area contributed by atoms with Gasteiger partial charge in [0.15, 0.2) is 0 Å². The van der Waals surface area contributed by atoms with Crippen molar-refractivity contribution >= 4 is 22.7 Å². The number of likely N-dealkylation sites (N-methyl/N-ethyl adjacent to an activating group) is 1. The number of aromatic nitrogens is 1. The Morgan fingerprint density at radius 1 is 1.17 bits per heavy atom. The smallest absolute Gasteiger partial charge is 0.270 e. The molecule has 0 saturated heterocycles. The first-order valence-electron chi connectivity index (χ1n) is 7.97. The molecule has 120 valence electrons. The number of aryl methyl sites for hydroxylation is 1. The van der Waals surface area contributed by atoms with E-state index in [0.29, 0.717) is 18.5 Å². The van der Waals surface area contributed by atoms with Crippen LogP contribution in [-0.4, -0.2) is 29.4 Å². The molecule has 1 aliphatic carbocycles. The molecule has 0 bridgehead atoms. The third kappa shape index (κ3) is 2.79. The summed E-state index contributed by atoms with van der Waals surface area (Å²) in [6.07, 6.45) is 3.23. The molecular formula is C18H21N3O2. The van der Waals surface area contributed by atoms with E-state index in [4.69, 9.17) is 0 Å². The molecule has 23 heavy (non-hydrogen) atoms. The number of rotatable bonds is 3. The third-order valence-corrected chi connectivity index (χ3v) is 4.63. The summed E-state index contributed by atoms with van der Waals surface area (Å²) in [7, 11) is 1.60. The number of hydrogen-bond acceptors (Lipinski definition) is 3. The molecule has 0 unspecified atom stereocenters. The van der Waals surface area contributed by atoms with Gasteiger partial charge in [-0.3, -0.25) is 9.59 Å². The highest BCUT2D eigenvalue weighted by molar-refractivity contribution is 6.00. The van der Waals surface area contributed by atoms with E-state index in [0.717, 1.165) is 29.3 Å². The summed E-state index contributed by atoms with van der Waals surface area (Å²) < 4.78 is 0. The van der Waals surface area contributed by atoms with Gasteiger partial charge in [-0.25, -0.2) is 4.98 Å². The van der Waals surface area contributed by atoms with E-state index < -0.39 is 5.54 Å². The van der Waals surface area contributed by atoms with Crippen LogP contribution < -0.4 is 10.6 Å². The van der Waals surface area contributed by atoms with Crippen molar-refractivity contribution in [3.63, 3.8) is 0 Å². The van der Waals surface area contributed by atoms with Gasteiger partial charge in [0.05, 0.1) is 5.52 Å². The summed E-state index contributed by atoms with van der Waals surface area (Å²) in [6.45, 7) is 1.96. The summed E-state index contributed by atoms with van der Waals surface area (Å²) in [5.41, 5.74) is 1.35. The number of nitrogens with one attached hydrogen (secondary N) is 2. The molecule has 2 amide bonds. The van der Waals surface area contributed by atoms with Crippen LogP contribution in [-0.2, 0) is 4.79 Å². The van der Waals surface area contributed by atoms with Crippen LogP contribution in [0.4, 0.5) is 0 Å². The van der Waals surface area contributed by atoms with E-state index in [9.17, 15) is 9.59 Å². The first-order chi connectivity index (χ1) is 11.1. The Bertz CT molecular complexity index is 764. The molecule has 0 spiro atoms. The van der Waals surface area contributed by atoms with Gasteiger partial charge >= 0.3 is 0 Å². The molecule has 1 heterocycles. The highest BCUT2D eigenvalue weighted by Crippen LogP contribution is 2.30. The number of para-hydroxylation sites is 1. The SMILES string of the molecule is CNC(=O)C1(NC(=O)c2cc(C)c3ccccc3n2)CCCC1. The van der Waals surface area contributed by atoms with E-state index in [-0.39, 0.29) is 11.8 Å². The average molecular weight is 311 g/mol. The Labute approximate surface area is 135 Å². The molecule has 1 aromatic heterocycles. The zero-order chi connectivity index (χ0) is 16.4. The van der Waals surface area contributed by atoms with E-state index in [1.807, 2.05) is 31.2 Å². The van der Waals surface area contributed by atoms with Gasteiger partial charge in [-0.15, -0.1) is 0 Å². The van der Waals surface area contributed by atoms with Crippen molar-refractivity contribution in [1.29, 1.82) is 0 Å². The lowest BCUT2D eigenvalue weighted by molar-refractivity contribution is -0.126. The predicted molar refractivity (Wildman–Crippen MR) is 89.2 cm³/mol. The Hall–Kier alpha value is -2.43. The highest BCUT2D eigenvalue weighted by atomic mass is 16.2. The number of carbonyl (C=O) groups is 2. The molecule has 0 aliphatic heterocycles. The maximum absolute atomic E-state index is 12.7. The Morgan fingerprint density at radius 3 is 2.57 bits per heavy atom. The van der Waals surface area contributed by atoms with Gasteiger partial charge in [0.25, 0.3) is 5.91 Å². The van der Waals surface area contributed by atoms with Crippen molar-refractivity contribution in [2.75, 3.05) is 7.05 Å². The van der Waals surface area contributed by atoms with Crippen molar-refractivity contribution in [2.24, 2.45) is 0 Å². The molecule has 5 heteroatoms. The normalized spacial score (nSPS) is 16.3. The van der Waals surface area contributed by atoms with Crippen LogP contribution in [0.3, 0.4) is 0 Å². The Morgan fingerprint density at radius 2 is 1.87 bits per heavy atom. The molecule has 0 atom stereocenters. The maximum atomic E-state index is 12.7. The summed E-state index contributed by atoms with van der Waals surface area (Å²) in [5.74, 6) is -0.412. The quantitative estimate of drug-likeness (QED) is 0.914. The summed E-state index contributed by atoms with van der Waals surface area (Å²) >= 11 is 0. The minimum absolute atomic E-state index is 0.124. The number of pyridine rings is 1. The standard InChI is InChI=1S/C18H21N3O2/c1-12-11-15(20-14-8-4-3-7-13(12)14)16(22)21-18(17(23)19-2)9-5-6-10-18/h3-4,7-8,11H,5-6,9-10H2,1-2H3,(H,19,23)(H,21,22). The molecule has 1 saturated carbocycles. The van der Waals surface area contributed by atoms with Crippen LogP contribution in [0, 0.1) is 6.92 Å². The van der Waals surface area contributed by atoms with Crippen molar-refractivity contribution in [2.45, 2.75) is 38.1 Å². The molecule has 0 radical (unpaired) electrons. The molecule has 1 fully saturated rings. The van der Waals surface area contributed by atoms with E-state index >= 15 is 0 Å². The van der Waals surface area contributed by atoms with Gasteiger partial charge in [0.2, 0.25) is 5.91 Å². The maximum Gasteiger partial charge on any atom is 0.270 e. The fraction of sp³-hybridized carbons (Fsp3) is 0.389. The Kier molecular flexibility index (Phi) is 4.03. The zero-order valence-electron chi connectivity index (χ0n) is 13.5. The molecule has 1 aliphatic rings. The fourth-order valence-electron chi connectivity index (χ4n) is 3.37. The molecule has 2 aromatic rings. The molecule has 3 rings (SSSR count). The summed E-state index contributed by atoms with van der Waals surface area (Å²) in [6, 6.07) is 9.52. The third-order valence-electron chi connectivity index (χ3n) is 4.63. The van der Waals surface area contributed by atoms with E-state index in [2.05, 4.69) is 15.6 Å². The summed E-state index contributed by atoms with van der Waals surface area (Å²) in [4.78, 5) is 29.4. The largest absolute Gasteiger partial charge is 0.357 e. The first-order valence-corrected chi connectivity index (χ1v) is 7.97. The fourth-order valence-corrected chi connectivity index (χ4v) is 3.37. The number of amides is 2. The number of nitrogens with zero attached hydrogens (tertiary/aromatic N) is 1. The van der Waals surface area contributed by atoms with Crippen LogP contribution in [0.2, 0.25) is 0 Å². The van der Waals surface area contributed by atoms with Crippen LogP contribution in [0.25, 0.3) is 10.9 Å². The lowest BCUT2D eigenvalue weighted by Gasteiger charge is -2.28. The lowest BCUT2D eigenvalue weighted by Crippen LogP contribution is -2.56. The molecule has 2 N–H and O–H groups in total. The van der Waals surface area contributed by atoms with Gasteiger partial charge in [0.1, 0.15) is 11.2 Å². The van der Waals surface area contributed by atoms with Gasteiger partial charge in [-0.05, 0) is 37.5 Å². The molecule has 5 nitrogen and oxygen atoms in total. The van der Waals surface area contributed by atoms with E-state index in [1.165, 1.54) is 0 Å². The van der Waals surface area contributed by atoms with Gasteiger partial charge in [0, 0.05) is 12.4 Å². The average Bonchev–Trinajstić information content (AvgIpc) is 3.03. The number of hydrogen-bond donors (Lipinski definition) is 2. The minimum Gasteiger partial charge on any atom is -0.357 e. The second kappa shape index (κ2) is 5.99. The second-order valence-corrected chi connectivity index (χ2v) is 6.16. The number of carbonyl (C=O) groups excluding carboxylic acids is 2. The highest BCUT2D eigenvalue weighted by Gasteiger charge is 2.42. The van der Waals surface area contributed by atoms with Gasteiger partial charge in [-0.1, -0.05) is 31.0 Å². The zero-order valence-corrected chi connectivity index (χ0v) is 13.5. The van der Waals surface area contributed by atoms with Crippen LogP contribution in [0.1, 0.15) is 41.7 Å². The first kappa shape index (κ1) is 15.5. The summed E-state index contributed by atoms with van der Waals surface area (Å²) in [5, 5.41) is 6.64. The van der Waals surface area contributed by atoms with Crippen molar-refractivity contribution in [3.05, 3.63) is 41.6 Å². The predicted octanol–water partition coefficient (Wildman–Crippen LogP) is 2.33. The lowest BCUT2D eigenvalue weighted by atomic mass is 9.96. The molecule has 1 aromatic carbocycles. The van der Waals surface area contributed by atoms with Crippen molar-refractivity contribution < 1.29 is 9.59 Å². The van der Waals surface area contributed by atoms with Gasteiger partial charge < -0.3 is 10.6 Å². The van der Waals surface area contributed by atoms with Crippen LogP contribution >= 0.6 is 0 Å². The van der Waals surface area contributed by atoms with Crippen molar-refractivity contribution in [1.82, 2.24) is 15.6 Å². The van der Waals surface area contributed by atoms with Crippen LogP contribution in [0.15, 0.2) is 30.3 Å². The van der Waals surface area contributed by atoms with Crippen molar-refractivity contribution in [3.8, 4) is 0 Å². The Balaban J connectivity index is 1.92. The van der Waals surface area contributed by atoms with Crippen LogP contribution in [0.5, 0.6) is 0 Å². The topological polar surface area (TPSA) is 71.1 Å². The number of fused-ring (bicyclic) bond motifs is 1. The minimum atomic E-state index is -0.799. The molecular weight excluding hydrogens is 290 g/mol.